The zero-order chi connectivity index (χ0) is 42.6. The Bertz CT molecular complexity index is 1380. The predicted octanol–water partition coefficient (Wildman–Crippen LogP) is 5.38. The second-order valence-electron chi connectivity index (χ2n) is 18.9. The van der Waals surface area contributed by atoms with E-state index in [0.717, 1.165) is 96.3 Å². The van der Waals surface area contributed by atoms with Crippen LogP contribution in [0.5, 0.6) is 0 Å². The van der Waals surface area contributed by atoms with Gasteiger partial charge >= 0.3 is 5.97 Å². The van der Waals surface area contributed by atoms with Crippen molar-refractivity contribution in [3.05, 3.63) is 12.2 Å². The fraction of sp³-hybridized carbons (Fsp3) is 0.913. The fourth-order valence-corrected chi connectivity index (χ4v) is 11.2. The average molecular weight is 847 g/mol. The van der Waals surface area contributed by atoms with E-state index in [9.17, 15) is 19.8 Å². The molecule has 60 heavy (non-hydrogen) atoms. The molecule has 0 radical (unpaired) electrons. The van der Waals surface area contributed by atoms with Crippen molar-refractivity contribution in [2.45, 2.75) is 235 Å². The molecule has 6 heterocycles. The molecule has 0 aromatic rings. The van der Waals surface area contributed by atoms with E-state index in [1.807, 2.05) is 0 Å². The first-order valence-corrected chi connectivity index (χ1v) is 24.4. The van der Waals surface area contributed by atoms with Gasteiger partial charge in [0.05, 0.1) is 18.8 Å². The van der Waals surface area contributed by atoms with E-state index >= 15 is 0 Å². The molecule has 0 saturated carbocycles. The first-order chi connectivity index (χ1) is 29.1. The van der Waals surface area contributed by atoms with Gasteiger partial charge in [-0.15, -0.1) is 0 Å². The standard InChI is InChI=1S/C46H82N6O8/c1-3-36-22-16-17-26-44(59-36)33-35-24-25-37-39(45(27-19-21-34(2)58-45)50-43(49-44)52(35)37)41(54)57-32-18-14-12-10-8-6-4-5-7-9-11-13-15-23-38-40(53)51(31-20-29-47)42(55)46(56,60-38)28-30-48/h16,22,34-39,42-43,49-50,55-56H,3-15,17-21,23-33,47-48H2,1-2H3/t34-,35+,36+,37-,38-,39-,42-,43?,44+,45-,46+/m0/s1. The SMILES string of the molecule is CC[C@@H]1C=CCC[C@]2(C[C@H]3CC[C@H]4[C@@H](C(=O)OCCCCCCCCCCCCCCC[C@@H]5O[C@](O)(CCN)[C@H](O)N(CCCN)C5=O)[C@@]5(CCC[C@H](C)O5)NC(N2)N34)O1. The highest BCUT2D eigenvalue weighted by atomic mass is 16.7. The quantitative estimate of drug-likeness (QED) is 0.0437. The molecule has 14 nitrogen and oxygen atoms in total. The minimum Gasteiger partial charge on any atom is -0.465 e. The Kier molecular flexibility index (Phi) is 18.1. The number of hydrogen-bond donors (Lipinski definition) is 6. The smallest absolute Gasteiger partial charge is 0.314 e. The van der Waals surface area contributed by atoms with Crippen molar-refractivity contribution in [2.24, 2.45) is 17.4 Å². The van der Waals surface area contributed by atoms with Crippen LogP contribution in [0, 0.1) is 5.92 Å². The van der Waals surface area contributed by atoms with Crippen molar-refractivity contribution in [2.75, 3.05) is 26.2 Å². The molecule has 14 heteroatoms. The molecule has 1 amide bonds. The number of nitrogens with two attached hydrogens (primary N) is 2. The summed E-state index contributed by atoms with van der Waals surface area (Å²) in [6.07, 6.45) is 26.9. The Labute approximate surface area is 360 Å². The number of aliphatic hydroxyl groups excluding tert-OH is 1. The highest BCUT2D eigenvalue weighted by molar-refractivity contribution is 5.82. The summed E-state index contributed by atoms with van der Waals surface area (Å²) in [5, 5.41) is 29.4. The topological polar surface area (TPSA) is 194 Å². The second kappa shape index (κ2) is 22.8. The molecule has 8 N–H and O–H groups in total. The van der Waals surface area contributed by atoms with Gasteiger partial charge in [0.15, 0.2) is 6.23 Å². The Hall–Kier alpha value is -1.72. The van der Waals surface area contributed by atoms with E-state index < -0.39 is 23.8 Å². The molecule has 6 rings (SSSR count). The number of rotatable bonds is 23. The molecule has 5 fully saturated rings. The summed E-state index contributed by atoms with van der Waals surface area (Å²) in [5.41, 5.74) is 10.2. The van der Waals surface area contributed by atoms with Crippen LogP contribution in [0.25, 0.3) is 0 Å². The molecule has 2 spiro atoms. The van der Waals surface area contributed by atoms with Crippen LogP contribution in [0.2, 0.25) is 0 Å². The average Bonchev–Trinajstić information content (AvgIpc) is 3.53. The molecule has 6 aliphatic heterocycles. The Morgan fingerprint density at radius 2 is 1.60 bits per heavy atom. The number of carbonyl (C=O) groups is 2. The summed E-state index contributed by atoms with van der Waals surface area (Å²) < 4.78 is 25.5. The van der Waals surface area contributed by atoms with Gasteiger partial charge in [-0.2, -0.15) is 0 Å². The predicted molar refractivity (Wildman–Crippen MR) is 231 cm³/mol. The van der Waals surface area contributed by atoms with Gasteiger partial charge in [0.2, 0.25) is 5.79 Å². The third-order valence-electron chi connectivity index (χ3n) is 14.4. The number of ether oxygens (including phenoxy) is 4. The van der Waals surface area contributed by atoms with Crippen LogP contribution < -0.4 is 22.1 Å². The van der Waals surface area contributed by atoms with E-state index in [-0.39, 0.29) is 67.6 Å². The lowest BCUT2D eigenvalue weighted by Crippen LogP contribution is -2.81. The Balaban J connectivity index is 0.829. The number of carbonyl (C=O) groups excluding carboxylic acids is 2. The third kappa shape index (κ3) is 11.7. The van der Waals surface area contributed by atoms with Crippen LogP contribution in [-0.2, 0) is 28.5 Å². The zero-order valence-corrected chi connectivity index (χ0v) is 37.2. The monoisotopic (exact) mass is 847 g/mol. The van der Waals surface area contributed by atoms with Crippen molar-refractivity contribution >= 4 is 11.9 Å². The fourth-order valence-electron chi connectivity index (χ4n) is 11.2. The van der Waals surface area contributed by atoms with Crippen molar-refractivity contribution in [1.82, 2.24) is 20.4 Å². The number of morpholine rings is 1. The highest BCUT2D eigenvalue weighted by Gasteiger charge is 2.64. The van der Waals surface area contributed by atoms with E-state index in [0.29, 0.717) is 32.0 Å². The molecular formula is C46H82N6O8. The lowest BCUT2D eigenvalue weighted by atomic mass is 9.79. The highest BCUT2D eigenvalue weighted by Crippen LogP contribution is 2.49. The summed E-state index contributed by atoms with van der Waals surface area (Å²) >= 11 is 0. The number of nitrogens with zero attached hydrogens (tertiary/aromatic N) is 2. The van der Waals surface area contributed by atoms with Crippen LogP contribution in [0.15, 0.2) is 12.2 Å². The van der Waals surface area contributed by atoms with Crippen LogP contribution in [0.3, 0.4) is 0 Å². The second-order valence-corrected chi connectivity index (χ2v) is 18.9. The number of unbranched alkanes of at least 4 members (excludes halogenated alkanes) is 12. The van der Waals surface area contributed by atoms with Gasteiger partial charge in [-0.25, -0.2) is 0 Å². The molecule has 0 bridgehead atoms. The van der Waals surface area contributed by atoms with E-state index in [2.05, 4.69) is 41.5 Å². The van der Waals surface area contributed by atoms with E-state index in [4.69, 9.17) is 30.4 Å². The number of hydrogen-bond acceptors (Lipinski definition) is 13. The molecule has 344 valence electrons. The maximum Gasteiger partial charge on any atom is 0.314 e. The number of esters is 1. The van der Waals surface area contributed by atoms with E-state index in [1.54, 1.807) is 0 Å². The van der Waals surface area contributed by atoms with Gasteiger partial charge in [0.1, 0.15) is 29.8 Å². The summed E-state index contributed by atoms with van der Waals surface area (Å²) in [5.74, 6) is -2.58. The van der Waals surface area contributed by atoms with Crippen LogP contribution >= 0.6 is 0 Å². The van der Waals surface area contributed by atoms with Gasteiger partial charge in [-0.1, -0.05) is 96.1 Å². The molecule has 11 atom stereocenters. The molecule has 6 aliphatic rings. The van der Waals surface area contributed by atoms with Gasteiger partial charge < -0.3 is 45.5 Å². The van der Waals surface area contributed by atoms with Gasteiger partial charge in [0.25, 0.3) is 5.91 Å². The summed E-state index contributed by atoms with van der Waals surface area (Å²) in [6, 6.07) is 0.443. The first kappa shape index (κ1) is 47.8. The number of nitrogens with one attached hydrogen (secondary N) is 2. The molecule has 5 saturated heterocycles. The van der Waals surface area contributed by atoms with Crippen molar-refractivity contribution in [1.29, 1.82) is 0 Å². The molecular weight excluding hydrogens is 765 g/mol. The molecule has 0 aliphatic carbocycles. The van der Waals surface area contributed by atoms with Crippen LogP contribution in [0.1, 0.15) is 174 Å². The maximum atomic E-state index is 14.1. The number of aliphatic hydroxyl groups is 2. The van der Waals surface area contributed by atoms with E-state index in [1.165, 1.54) is 49.8 Å². The lowest BCUT2D eigenvalue weighted by Gasteiger charge is -2.60. The molecule has 0 aromatic heterocycles. The zero-order valence-electron chi connectivity index (χ0n) is 37.2. The summed E-state index contributed by atoms with van der Waals surface area (Å²) in [7, 11) is 0. The minimum absolute atomic E-state index is 0.0537. The minimum atomic E-state index is -1.85. The Morgan fingerprint density at radius 1 is 0.900 bits per heavy atom. The first-order valence-electron chi connectivity index (χ1n) is 24.4. The summed E-state index contributed by atoms with van der Waals surface area (Å²) in [6.45, 7) is 5.61. The third-order valence-corrected chi connectivity index (χ3v) is 14.4. The lowest BCUT2D eigenvalue weighted by molar-refractivity contribution is -0.325. The molecule has 0 aromatic carbocycles. The van der Waals surface area contributed by atoms with Gasteiger partial charge in [-0.05, 0) is 90.6 Å². The van der Waals surface area contributed by atoms with Crippen LogP contribution in [0.4, 0.5) is 0 Å². The van der Waals surface area contributed by atoms with Crippen LogP contribution in [-0.4, -0.2) is 118 Å². The number of allylic oxidation sites excluding steroid dienone is 1. The van der Waals surface area contributed by atoms with Crippen molar-refractivity contribution in [3.63, 3.8) is 0 Å². The normalized spacial score (nSPS) is 36.8. The maximum absolute atomic E-state index is 14.1. The Morgan fingerprint density at radius 3 is 2.27 bits per heavy atom. The van der Waals surface area contributed by atoms with Gasteiger partial charge in [0, 0.05) is 31.5 Å². The summed E-state index contributed by atoms with van der Waals surface area (Å²) in [4.78, 5) is 30.9. The van der Waals surface area contributed by atoms with Crippen molar-refractivity contribution in [3.8, 4) is 0 Å². The molecule has 1 unspecified atom stereocenters. The largest absolute Gasteiger partial charge is 0.465 e. The van der Waals surface area contributed by atoms with Crippen molar-refractivity contribution < 1.29 is 38.7 Å². The van der Waals surface area contributed by atoms with Gasteiger partial charge in [-0.3, -0.25) is 25.1 Å². The number of amides is 1.